The molecule has 22 heteroatoms. The second-order valence-corrected chi connectivity index (χ2v) is 14.4. The molecule has 0 bridgehead atoms. The molecule has 11 N–H and O–H groups in total. The summed E-state index contributed by atoms with van der Waals surface area (Å²) in [6.45, 7) is -0.548. The summed E-state index contributed by atoms with van der Waals surface area (Å²) in [6, 6.07) is 9.41. The van der Waals surface area contributed by atoms with Crippen molar-refractivity contribution in [3.63, 3.8) is 0 Å². The number of carbonyl (C=O) groups excluding carboxylic acids is 2. The van der Waals surface area contributed by atoms with Gasteiger partial charge in [0, 0.05) is 32.5 Å². The maximum atomic E-state index is 13.1. The first kappa shape index (κ1) is 42.9. The van der Waals surface area contributed by atoms with Gasteiger partial charge in [-0.3, -0.25) is 18.7 Å². The maximum Gasteiger partial charge on any atom is 0.475 e. The third-order valence-corrected chi connectivity index (χ3v) is 9.85. The number of hydrogen-bond acceptors (Lipinski definition) is 16. The number of ether oxygens (including phenoxy) is 2. The number of aliphatic carboxylic acids is 1. The summed E-state index contributed by atoms with van der Waals surface area (Å²) in [5.41, 5.74) is 5.67. The SMILES string of the molecule is CC(=O)N[C@H]1[C@H]([C@H](O)[C@H](O)CNC(=O)CCCCCc2ccccc2)O[C@](OP(=O)(O)OC[C@H]2O[C@@H](n3ccc(N)nc3=O)[C@H](O)[C@@H]2O)(C(=O)O)C[C@@H]1O. The molecule has 4 rings (SSSR count). The Morgan fingerprint density at radius 1 is 1.11 bits per heavy atom. The number of anilines is 1. The zero-order chi connectivity index (χ0) is 39.8. The number of nitrogens with one attached hydrogen (secondary N) is 2. The minimum atomic E-state index is -5.58. The normalized spacial score (nSPS) is 29.1. The summed E-state index contributed by atoms with van der Waals surface area (Å²) in [5, 5.41) is 68.5. The highest BCUT2D eigenvalue weighted by atomic mass is 31.2. The quantitative estimate of drug-likeness (QED) is 0.0559. The number of carbonyl (C=O) groups is 3. The number of amides is 2. The highest BCUT2D eigenvalue weighted by Gasteiger charge is 2.59. The number of nitrogens with zero attached hydrogens (tertiary/aromatic N) is 2. The Morgan fingerprint density at radius 2 is 1.81 bits per heavy atom. The minimum Gasteiger partial charge on any atom is -0.477 e. The van der Waals surface area contributed by atoms with Gasteiger partial charge >= 0.3 is 19.5 Å². The molecule has 1 unspecified atom stereocenters. The number of aromatic nitrogens is 2. The Labute approximate surface area is 308 Å². The van der Waals surface area contributed by atoms with Crippen LogP contribution in [0.25, 0.3) is 0 Å². The summed E-state index contributed by atoms with van der Waals surface area (Å²) >= 11 is 0. The molecule has 2 aromatic rings. The Kier molecular flexibility index (Phi) is 14.8. The Balaban J connectivity index is 1.38. The van der Waals surface area contributed by atoms with Crippen molar-refractivity contribution in [1.82, 2.24) is 20.2 Å². The molecule has 11 atom stereocenters. The number of phosphoric ester groups is 1. The van der Waals surface area contributed by atoms with Crippen molar-refractivity contribution < 1.29 is 73.0 Å². The van der Waals surface area contributed by atoms with Crippen LogP contribution in [0.2, 0.25) is 0 Å². The smallest absolute Gasteiger partial charge is 0.475 e. The summed E-state index contributed by atoms with van der Waals surface area (Å²) in [4.78, 5) is 63.2. The summed E-state index contributed by atoms with van der Waals surface area (Å²) in [6.07, 6.45) is -11.6. The molecule has 2 saturated heterocycles. The number of carboxylic acids is 1. The topological polar surface area (TPSA) is 332 Å². The van der Waals surface area contributed by atoms with Crippen molar-refractivity contribution in [2.75, 3.05) is 18.9 Å². The Bertz CT molecular complexity index is 1700. The van der Waals surface area contributed by atoms with E-state index in [0.717, 1.165) is 37.0 Å². The van der Waals surface area contributed by atoms with Crippen molar-refractivity contribution in [3.05, 3.63) is 58.6 Å². The number of unbranched alkanes of at least 4 members (excludes halogenated alkanes) is 2. The number of carboxylic acid groups (broad SMARTS) is 1. The molecule has 300 valence electrons. The molecule has 2 aliphatic rings. The highest BCUT2D eigenvalue weighted by molar-refractivity contribution is 7.47. The van der Waals surface area contributed by atoms with Crippen LogP contribution >= 0.6 is 7.82 Å². The lowest BCUT2D eigenvalue weighted by Gasteiger charge is -2.46. The van der Waals surface area contributed by atoms with Gasteiger partial charge in [0.25, 0.3) is 5.79 Å². The molecule has 21 nitrogen and oxygen atoms in total. The van der Waals surface area contributed by atoms with Gasteiger partial charge in [-0.15, -0.1) is 0 Å². The van der Waals surface area contributed by atoms with Gasteiger partial charge in [0.05, 0.1) is 24.9 Å². The van der Waals surface area contributed by atoms with Crippen LogP contribution in [0.15, 0.2) is 47.4 Å². The first-order valence-electron chi connectivity index (χ1n) is 17.0. The summed E-state index contributed by atoms with van der Waals surface area (Å²) in [5.74, 6) is -6.69. The number of benzene rings is 1. The number of nitrogens with two attached hydrogens (primary N) is 1. The van der Waals surface area contributed by atoms with E-state index in [1.54, 1.807) is 0 Å². The molecule has 2 fully saturated rings. The van der Waals surface area contributed by atoms with E-state index in [4.69, 9.17) is 24.3 Å². The molecule has 2 amide bonds. The van der Waals surface area contributed by atoms with E-state index in [1.165, 1.54) is 11.6 Å². The first-order chi connectivity index (χ1) is 25.4. The number of nitrogen functional groups attached to an aromatic ring is 1. The number of aliphatic hydroxyl groups is 5. The average molecular weight is 788 g/mol. The minimum absolute atomic E-state index is 0.103. The standard InChI is InChI=1S/C32H46N5O16P/c1-17(38)35-24-19(39)14-32(30(45)46,52-28(24)25(42)20(40)15-34-23(41)11-7-3-6-10-18-8-4-2-5-9-18)53-54(48,49)50-16-21-26(43)27(44)29(51-21)37-13-12-22(33)36-31(37)47/h2,4-5,8-9,12-13,19-21,24-29,39-40,42-44H,3,6-7,10-11,14-16H2,1H3,(H,34,41)(H,35,38)(H,45,46)(H,48,49)(H2,33,36,47)/t19-,20+,21+,24+,25+,26+,27+,28+,29+,32+/m0/s1. The van der Waals surface area contributed by atoms with Crippen molar-refractivity contribution in [3.8, 4) is 0 Å². The van der Waals surface area contributed by atoms with Crippen molar-refractivity contribution in [2.45, 2.75) is 106 Å². The van der Waals surface area contributed by atoms with E-state index < -0.39 is 112 Å². The van der Waals surface area contributed by atoms with Gasteiger partial charge in [0.2, 0.25) is 11.8 Å². The molecule has 0 saturated carbocycles. The van der Waals surface area contributed by atoms with Crippen LogP contribution < -0.4 is 22.1 Å². The molecule has 1 aromatic heterocycles. The van der Waals surface area contributed by atoms with Crippen molar-refractivity contribution >= 4 is 31.4 Å². The third-order valence-electron chi connectivity index (χ3n) is 8.85. The van der Waals surface area contributed by atoms with E-state index in [9.17, 15) is 59.3 Å². The van der Waals surface area contributed by atoms with Crippen LogP contribution in [0, 0.1) is 0 Å². The van der Waals surface area contributed by atoms with E-state index in [1.807, 2.05) is 30.3 Å². The number of aliphatic hydroxyl groups excluding tert-OH is 5. The van der Waals surface area contributed by atoms with Crippen LogP contribution in [-0.2, 0) is 43.9 Å². The third kappa shape index (κ3) is 11.1. The van der Waals surface area contributed by atoms with E-state index in [0.29, 0.717) is 6.42 Å². The second-order valence-electron chi connectivity index (χ2n) is 13.0. The van der Waals surface area contributed by atoms with Crippen molar-refractivity contribution in [2.24, 2.45) is 0 Å². The molecule has 0 spiro atoms. The average Bonchev–Trinajstić information content (AvgIpc) is 3.39. The second kappa shape index (κ2) is 18.7. The van der Waals surface area contributed by atoms with E-state index >= 15 is 0 Å². The van der Waals surface area contributed by atoms with Crippen LogP contribution in [0.1, 0.15) is 50.8 Å². The van der Waals surface area contributed by atoms with E-state index in [2.05, 4.69) is 15.6 Å². The largest absolute Gasteiger partial charge is 0.477 e. The summed E-state index contributed by atoms with van der Waals surface area (Å²) in [7, 11) is -5.58. The van der Waals surface area contributed by atoms with Gasteiger partial charge in [0.1, 0.15) is 36.3 Å². The molecular weight excluding hydrogens is 741 g/mol. The molecule has 3 heterocycles. The molecule has 54 heavy (non-hydrogen) atoms. The maximum absolute atomic E-state index is 13.1. The molecule has 0 aliphatic carbocycles. The van der Waals surface area contributed by atoms with Crippen LogP contribution in [0.4, 0.5) is 5.82 Å². The van der Waals surface area contributed by atoms with Gasteiger partial charge in [-0.25, -0.2) is 18.7 Å². The monoisotopic (exact) mass is 787 g/mol. The molecule has 2 aliphatic heterocycles. The van der Waals surface area contributed by atoms with Gasteiger partial charge in [-0.1, -0.05) is 36.8 Å². The fourth-order valence-corrected chi connectivity index (χ4v) is 7.03. The highest BCUT2D eigenvalue weighted by Crippen LogP contribution is 2.51. The van der Waals surface area contributed by atoms with Gasteiger partial charge < -0.3 is 61.4 Å². The van der Waals surface area contributed by atoms with Gasteiger partial charge in [0.15, 0.2) is 6.23 Å². The Morgan fingerprint density at radius 3 is 2.46 bits per heavy atom. The molecule has 0 radical (unpaired) electrons. The zero-order valence-electron chi connectivity index (χ0n) is 29.1. The van der Waals surface area contributed by atoms with Crippen LogP contribution in [0.5, 0.6) is 0 Å². The first-order valence-corrected chi connectivity index (χ1v) is 18.5. The predicted molar refractivity (Wildman–Crippen MR) is 183 cm³/mol. The van der Waals surface area contributed by atoms with Crippen molar-refractivity contribution in [1.29, 1.82) is 0 Å². The number of rotatable bonds is 18. The lowest BCUT2D eigenvalue weighted by atomic mass is 9.88. The lowest BCUT2D eigenvalue weighted by Crippen LogP contribution is -2.68. The number of aryl methyl sites for hydroxylation is 1. The lowest BCUT2D eigenvalue weighted by molar-refractivity contribution is -0.288. The zero-order valence-corrected chi connectivity index (χ0v) is 30.0. The molecular formula is C32H46N5O16P. The van der Waals surface area contributed by atoms with Crippen LogP contribution in [0.3, 0.4) is 0 Å². The number of phosphoric acid groups is 1. The predicted octanol–water partition coefficient (Wildman–Crippen LogP) is -2.35. The van der Waals surface area contributed by atoms with Crippen LogP contribution in [-0.4, -0.2) is 131 Å². The van der Waals surface area contributed by atoms with E-state index in [-0.39, 0.29) is 12.2 Å². The summed E-state index contributed by atoms with van der Waals surface area (Å²) < 4.78 is 34.6. The van der Waals surface area contributed by atoms with Gasteiger partial charge in [-0.2, -0.15) is 4.98 Å². The fourth-order valence-electron chi connectivity index (χ4n) is 6.07. The van der Waals surface area contributed by atoms with Gasteiger partial charge in [-0.05, 0) is 30.9 Å². The molecule has 1 aromatic carbocycles. The fraction of sp³-hybridized carbons (Fsp3) is 0.594. The Hall–Kier alpha value is -3.86. The number of hydrogen-bond donors (Lipinski definition) is 10.